The van der Waals surface area contributed by atoms with Gasteiger partial charge in [-0.3, -0.25) is 9.89 Å². The minimum absolute atomic E-state index is 0.140. The highest BCUT2D eigenvalue weighted by Crippen LogP contribution is 2.32. The lowest BCUT2D eigenvalue weighted by Gasteiger charge is -2.11. The summed E-state index contributed by atoms with van der Waals surface area (Å²) in [5, 5.41) is 9.55. The van der Waals surface area contributed by atoms with Gasteiger partial charge in [-0.1, -0.05) is 6.07 Å². The van der Waals surface area contributed by atoms with Crippen LogP contribution in [0.3, 0.4) is 0 Å². The van der Waals surface area contributed by atoms with Gasteiger partial charge in [-0.2, -0.15) is 5.10 Å². The van der Waals surface area contributed by atoms with Crippen LogP contribution in [0.5, 0.6) is 5.75 Å². The Morgan fingerprint density at radius 1 is 1.20 bits per heavy atom. The van der Waals surface area contributed by atoms with Gasteiger partial charge in [0.15, 0.2) is 11.9 Å². The first-order valence-electron chi connectivity index (χ1n) is 8.13. The zero-order valence-electron chi connectivity index (χ0n) is 14.0. The Morgan fingerprint density at radius 2 is 1.96 bits per heavy atom. The number of benzene rings is 2. The van der Waals surface area contributed by atoms with Crippen molar-refractivity contribution in [2.75, 3.05) is 5.32 Å². The molecule has 0 radical (unpaired) electrons. The van der Waals surface area contributed by atoms with Crippen LogP contribution in [0.1, 0.15) is 16.7 Å². The van der Waals surface area contributed by atoms with Crippen molar-refractivity contribution in [3.8, 4) is 17.1 Å². The number of ether oxygens (including phenoxy) is 1. The van der Waals surface area contributed by atoms with Gasteiger partial charge >= 0.3 is 0 Å². The van der Waals surface area contributed by atoms with Gasteiger partial charge in [0.2, 0.25) is 0 Å². The van der Waals surface area contributed by atoms with E-state index >= 15 is 0 Å². The normalized spacial score (nSPS) is 15.5. The van der Waals surface area contributed by atoms with E-state index in [-0.39, 0.29) is 5.91 Å². The summed E-state index contributed by atoms with van der Waals surface area (Å²) in [7, 11) is 0. The Kier molecular flexibility index (Phi) is 3.72. The molecule has 3 aromatic rings. The van der Waals surface area contributed by atoms with E-state index in [1.54, 1.807) is 0 Å². The quantitative estimate of drug-likeness (QED) is 0.771. The third kappa shape index (κ3) is 2.98. The molecule has 0 bridgehead atoms. The molecule has 6 heteroatoms. The zero-order chi connectivity index (χ0) is 17.4. The number of hydrogen-bond donors (Lipinski definition) is 2. The van der Waals surface area contributed by atoms with Gasteiger partial charge in [0.25, 0.3) is 5.91 Å². The Hall–Kier alpha value is -3.15. The molecule has 2 heterocycles. The van der Waals surface area contributed by atoms with E-state index in [1.165, 1.54) is 17.5 Å². The predicted molar refractivity (Wildman–Crippen MR) is 94.5 cm³/mol. The molecule has 2 aromatic carbocycles. The van der Waals surface area contributed by atoms with Crippen molar-refractivity contribution in [1.29, 1.82) is 0 Å². The Morgan fingerprint density at radius 3 is 2.68 bits per heavy atom. The molecule has 2 N–H and O–H groups in total. The number of carbonyl (C=O) groups is 1. The second-order valence-corrected chi connectivity index (χ2v) is 6.26. The van der Waals surface area contributed by atoms with E-state index in [2.05, 4.69) is 33.5 Å². The van der Waals surface area contributed by atoms with Crippen molar-refractivity contribution in [1.82, 2.24) is 15.2 Å². The molecule has 6 nitrogen and oxygen atoms in total. The topological polar surface area (TPSA) is 79.9 Å². The second-order valence-electron chi connectivity index (χ2n) is 6.26. The van der Waals surface area contributed by atoms with Gasteiger partial charge in [-0.05, 0) is 60.9 Å². The molecule has 1 aromatic heterocycles. The van der Waals surface area contributed by atoms with E-state index in [9.17, 15) is 4.79 Å². The molecule has 1 atom stereocenters. The number of carbonyl (C=O) groups excluding carboxylic acids is 1. The summed E-state index contributed by atoms with van der Waals surface area (Å²) in [6.07, 6.45) is 1.56. The van der Waals surface area contributed by atoms with Crippen LogP contribution in [0.4, 0.5) is 5.69 Å². The van der Waals surface area contributed by atoms with Crippen molar-refractivity contribution >= 4 is 11.6 Å². The Balaban J connectivity index is 1.44. The smallest absolute Gasteiger partial charge is 0.265 e. The summed E-state index contributed by atoms with van der Waals surface area (Å²) in [5.41, 5.74) is 5.10. The van der Waals surface area contributed by atoms with Crippen molar-refractivity contribution in [2.45, 2.75) is 26.4 Å². The van der Waals surface area contributed by atoms with Crippen LogP contribution >= 0.6 is 0 Å². The zero-order valence-corrected chi connectivity index (χ0v) is 14.0. The van der Waals surface area contributed by atoms with E-state index in [4.69, 9.17) is 4.74 Å². The first-order chi connectivity index (χ1) is 12.1. The average Bonchev–Trinajstić information content (AvgIpc) is 3.26. The molecule has 1 amide bonds. The van der Waals surface area contributed by atoms with E-state index in [0.717, 1.165) is 22.6 Å². The monoisotopic (exact) mass is 334 g/mol. The first-order valence-corrected chi connectivity index (χ1v) is 8.13. The fourth-order valence-electron chi connectivity index (χ4n) is 2.94. The summed E-state index contributed by atoms with van der Waals surface area (Å²) in [6.45, 7) is 4.11. The van der Waals surface area contributed by atoms with E-state index in [0.29, 0.717) is 12.2 Å². The van der Waals surface area contributed by atoms with E-state index in [1.807, 2.05) is 37.3 Å². The Labute approximate surface area is 145 Å². The molecule has 0 spiro atoms. The summed E-state index contributed by atoms with van der Waals surface area (Å²) >= 11 is 0. The number of aryl methyl sites for hydroxylation is 2. The van der Waals surface area contributed by atoms with Crippen LogP contribution in [0, 0.1) is 13.8 Å². The van der Waals surface area contributed by atoms with Crippen LogP contribution in [0.2, 0.25) is 0 Å². The molecular weight excluding hydrogens is 316 g/mol. The number of nitrogens with zero attached hydrogens (tertiary/aromatic N) is 2. The molecule has 0 unspecified atom stereocenters. The average molecular weight is 334 g/mol. The molecule has 1 aliphatic rings. The summed E-state index contributed by atoms with van der Waals surface area (Å²) < 4.78 is 5.82. The van der Waals surface area contributed by atoms with Gasteiger partial charge in [-0.25, -0.2) is 4.98 Å². The molecule has 0 fully saturated rings. The number of amides is 1. The van der Waals surface area contributed by atoms with Crippen LogP contribution in [-0.2, 0) is 11.2 Å². The molecular formula is C19H18N4O2. The Bertz CT molecular complexity index is 886. The maximum absolute atomic E-state index is 12.5. The molecule has 0 saturated carbocycles. The molecule has 0 aliphatic carbocycles. The highest BCUT2D eigenvalue weighted by atomic mass is 16.5. The molecule has 0 saturated heterocycles. The van der Waals surface area contributed by atoms with Crippen molar-refractivity contribution < 1.29 is 9.53 Å². The number of aromatic amines is 1. The number of anilines is 1. The number of fused-ring (bicyclic) bond motifs is 1. The highest BCUT2D eigenvalue weighted by Gasteiger charge is 2.29. The van der Waals surface area contributed by atoms with Gasteiger partial charge in [-0.15, -0.1) is 0 Å². The van der Waals surface area contributed by atoms with Crippen LogP contribution in [0.15, 0.2) is 42.7 Å². The van der Waals surface area contributed by atoms with Crippen molar-refractivity contribution in [3.63, 3.8) is 0 Å². The SMILES string of the molecule is Cc1cc2c(cc1C)O[C@@H](C(=O)Nc1ccc(-c3ncn[nH]3)cc1)C2. The molecule has 4 rings (SSSR count). The summed E-state index contributed by atoms with van der Waals surface area (Å²) in [5.74, 6) is 1.36. The number of hydrogen-bond acceptors (Lipinski definition) is 4. The third-order valence-electron chi connectivity index (χ3n) is 4.48. The fraction of sp³-hybridized carbons (Fsp3) is 0.211. The van der Waals surface area contributed by atoms with Crippen LogP contribution in [-0.4, -0.2) is 27.2 Å². The largest absolute Gasteiger partial charge is 0.480 e. The van der Waals surface area contributed by atoms with Gasteiger partial charge < -0.3 is 10.1 Å². The molecule has 25 heavy (non-hydrogen) atoms. The summed E-state index contributed by atoms with van der Waals surface area (Å²) in [6, 6.07) is 11.5. The number of H-pyrrole nitrogens is 1. The number of rotatable bonds is 3. The molecule has 1 aliphatic heterocycles. The van der Waals surface area contributed by atoms with Crippen LogP contribution in [0.25, 0.3) is 11.4 Å². The first kappa shape index (κ1) is 15.4. The van der Waals surface area contributed by atoms with E-state index < -0.39 is 6.10 Å². The fourth-order valence-corrected chi connectivity index (χ4v) is 2.94. The molecule has 126 valence electrons. The third-order valence-corrected chi connectivity index (χ3v) is 4.48. The maximum Gasteiger partial charge on any atom is 0.265 e. The van der Waals surface area contributed by atoms with Crippen molar-refractivity contribution in [3.05, 3.63) is 59.4 Å². The standard InChI is InChI=1S/C19H18N4O2/c1-11-7-14-9-17(25-16(14)8-12(11)2)19(24)22-15-5-3-13(4-6-15)18-20-10-21-23-18/h3-8,10,17H,9H2,1-2H3,(H,22,24)(H,20,21,23)/t17-/m1/s1. The highest BCUT2D eigenvalue weighted by molar-refractivity contribution is 5.95. The van der Waals surface area contributed by atoms with Gasteiger partial charge in [0.05, 0.1) is 0 Å². The lowest BCUT2D eigenvalue weighted by molar-refractivity contribution is -0.122. The van der Waals surface area contributed by atoms with Crippen LogP contribution < -0.4 is 10.1 Å². The maximum atomic E-state index is 12.5. The minimum atomic E-state index is -0.495. The number of nitrogens with one attached hydrogen (secondary N) is 2. The minimum Gasteiger partial charge on any atom is -0.480 e. The number of aromatic nitrogens is 3. The lowest BCUT2D eigenvalue weighted by Crippen LogP contribution is -2.31. The lowest BCUT2D eigenvalue weighted by atomic mass is 10.0. The van der Waals surface area contributed by atoms with Crippen molar-refractivity contribution in [2.24, 2.45) is 0 Å². The van der Waals surface area contributed by atoms with Gasteiger partial charge in [0, 0.05) is 17.7 Å². The second kappa shape index (κ2) is 6.05. The summed E-state index contributed by atoms with van der Waals surface area (Å²) in [4.78, 5) is 16.6. The van der Waals surface area contributed by atoms with Gasteiger partial charge in [0.1, 0.15) is 12.1 Å². The predicted octanol–water partition coefficient (Wildman–Crippen LogP) is 3.03.